The third-order valence-electron chi connectivity index (χ3n) is 1.59. The zero-order chi connectivity index (χ0) is 8.39. The van der Waals surface area contributed by atoms with Crippen molar-refractivity contribution in [2.24, 2.45) is 0 Å². The molecule has 62 valence electrons. The van der Waals surface area contributed by atoms with Crippen LogP contribution >= 0.6 is 0 Å². The normalized spacial score (nSPS) is 10.8. The van der Waals surface area contributed by atoms with Gasteiger partial charge in [0.25, 0.3) is 5.78 Å². The Bertz CT molecular complexity index is 384. The number of aromatic nitrogens is 4. The van der Waals surface area contributed by atoms with Gasteiger partial charge in [0.2, 0.25) is 0 Å². The van der Waals surface area contributed by atoms with Gasteiger partial charge >= 0.3 is 0 Å². The van der Waals surface area contributed by atoms with E-state index in [2.05, 4.69) is 15.2 Å². The molecule has 0 aromatic carbocycles. The van der Waals surface area contributed by atoms with Crippen LogP contribution in [0.3, 0.4) is 0 Å². The molecule has 0 aliphatic heterocycles. The lowest BCUT2D eigenvalue weighted by Crippen LogP contribution is -1.98. The summed E-state index contributed by atoms with van der Waals surface area (Å²) in [5.41, 5.74) is 0.993. The number of rotatable bonds is 2. The highest BCUT2D eigenvalue weighted by Crippen LogP contribution is 2.01. The molecule has 2 heterocycles. The van der Waals surface area contributed by atoms with Gasteiger partial charge in [-0.1, -0.05) is 0 Å². The van der Waals surface area contributed by atoms with Gasteiger partial charge in [-0.25, -0.2) is 4.98 Å². The summed E-state index contributed by atoms with van der Waals surface area (Å²) in [7, 11) is 1.65. The Morgan fingerprint density at radius 3 is 3.33 bits per heavy atom. The second-order valence-electron chi connectivity index (χ2n) is 2.37. The van der Waals surface area contributed by atoms with Gasteiger partial charge in [0.05, 0.1) is 12.3 Å². The Hall–Kier alpha value is -1.49. The first kappa shape index (κ1) is 7.17. The summed E-state index contributed by atoms with van der Waals surface area (Å²) in [5.74, 6) is 0.601. The SMILES string of the molecule is COCc1ccnc2nncn12. The summed E-state index contributed by atoms with van der Waals surface area (Å²) >= 11 is 0. The van der Waals surface area contributed by atoms with E-state index >= 15 is 0 Å². The topological polar surface area (TPSA) is 52.3 Å². The van der Waals surface area contributed by atoms with Crippen molar-refractivity contribution >= 4 is 5.78 Å². The van der Waals surface area contributed by atoms with Gasteiger partial charge in [-0.3, -0.25) is 4.40 Å². The molecule has 0 atom stereocenters. The van der Waals surface area contributed by atoms with Gasteiger partial charge in [-0.15, -0.1) is 10.2 Å². The molecule has 2 rings (SSSR count). The van der Waals surface area contributed by atoms with E-state index in [9.17, 15) is 0 Å². The van der Waals surface area contributed by atoms with Crippen LogP contribution in [0, 0.1) is 0 Å². The van der Waals surface area contributed by atoms with Crippen molar-refractivity contribution in [1.82, 2.24) is 19.6 Å². The van der Waals surface area contributed by atoms with Crippen molar-refractivity contribution < 1.29 is 4.74 Å². The number of fused-ring (bicyclic) bond motifs is 1. The minimum atomic E-state index is 0.539. The van der Waals surface area contributed by atoms with Crippen LogP contribution in [-0.2, 0) is 11.3 Å². The van der Waals surface area contributed by atoms with Crippen molar-refractivity contribution in [1.29, 1.82) is 0 Å². The lowest BCUT2D eigenvalue weighted by atomic mass is 10.4. The molecule has 0 radical (unpaired) electrons. The fourth-order valence-electron chi connectivity index (χ4n) is 1.06. The zero-order valence-electron chi connectivity index (χ0n) is 6.64. The lowest BCUT2D eigenvalue weighted by molar-refractivity contribution is 0.180. The van der Waals surface area contributed by atoms with Crippen LogP contribution in [0.4, 0.5) is 0 Å². The summed E-state index contributed by atoms with van der Waals surface area (Å²) in [6.07, 6.45) is 3.31. The Labute approximate surface area is 69.0 Å². The third kappa shape index (κ3) is 1.04. The van der Waals surface area contributed by atoms with Crippen molar-refractivity contribution in [3.05, 3.63) is 24.3 Å². The molecular weight excluding hydrogens is 156 g/mol. The molecular formula is C7H8N4O. The van der Waals surface area contributed by atoms with E-state index in [1.54, 1.807) is 24.0 Å². The number of hydrogen-bond donors (Lipinski definition) is 0. The number of hydrogen-bond acceptors (Lipinski definition) is 4. The van der Waals surface area contributed by atoms with E-state index in [1.165, 1.54) is 0 Å². The molecule has 0 unspecified atom stereocenters. The zero-order valence-corrected chi connectivity index (χ0v) is 6.64. The molecule has 0 saturated heterocycles. The van der Waals surface area contributed by atoms with Crippen LogP contribution in [0.1, 0.15) is 5.69 Å². The van der Waals surface area contributed by atoms with Crippen molar-refractivity contribution in [2.45, 2.75) is 6.61 Å². The van der Waals surface area contributed by atoms with E-state index < -0.39 is 0 Å². The van der Waals surface area contributed by atoms with E-state index in [0.717, 1.165) is 5.69 Å². The molecule has 0 aliphatic rings. The average Bonchev–Trinajstić information content (AvgIpc) is 2.53. The molecule has 0 aliphatic carbocycles. The smallest absolute Gasteiger partial charge is 0.255 e. The summed E-state index contributed by atoms with van der Waals surface area (Å²) in [6, 6.07) is 1.87. The summed E-state index contributed by atoms with van der Waals surface area (Å²) in [6.45, 7) is 0.539. The fraction of sp³-hybridized carbons (Fsp3) is 0.286. The molecule has 0 fully saturated rings. The van der Waals surface area contributed by atoms with E-state index in [1.807, 2.05) is 6.07 Å². The van der Waals surface area contributed by atoms with Gasteiger partial charge in [0.1, 0.15) is 6.33 Å². The predicted octanol–water partition coefficient (Wildman–Crippen LogP) is 0.271. The molecule has 12 heavy (non-hydrogen) atoms. The van der Waals surface area contributed by atoms with E-state index in [0.29, 0.717) is 12.4 Å². The van der Waals surface area contributed by atoms with Crippen LogP contribution in [0.25, 0.3) is 5.78 Å². The maximum absolute atomic E-state index is 5.00. The first-order valence-electron chi connectivity index (χ1n) is 3.54. The fourth-order valence-corrected chi connectivity index (χ4v) is 1.06. The molecule has 0 spiro atoms. The number of nitrogens with zero attached hydrogens (tertiary/aromatic N) is 4. The molecule has 2 aromatic rings. The lowest BCUT2D eigenvalue weighted by Gasteiger charge is -2.00. The standard InChI is InChI=1S/C7H8N4O/c1-12-4-6-2-3-8-7-10-9-5-11(6)7/h2-3,5H,4H2,1H3. The summed E-state index contributed by atoms with van der Waals surface area (Å²) < 4.78 is 6.80. The monoisotopic (exact) mass is 164 g/mol. The molecule has 0 saturated carbocycles. The van der Waals surface area contributed by atoms with Gasteiger partial charge in [0, 0.05) is 13.3 Å². The highest BCUT2D eigenvalue weighted by Gasteiger charge is 2.00. The van der Waals surface area contributed by atoms with Crippen LogP contribution in [-0.4, -0.2) is 26.7 Å². The Morgan fingerprint density at radius 1 is 1.58 bits per heavy atom. The maximum Gasteiger partial charge on any atom is 0.255 e. The molecule has 0 N–H and O–H groups in total. The van der Waals surface area contributed by atoms with Gasteiger partial charge in [-0.2, -0.15) is 0 Å². The quantitative estimate of drug-likeness (QED) is 0.639. The second kappa shape index (κ2) is 2.86. The minimum Gasteiger partial charge on any atom is -0.378 e. The second-order valence-corrected chi connectivity index (χ2v) is 2.37. The van der Waals surface area contributed by atoms with Crippen LogP contribution in [0.5, 0.6) is 0 Å². The van der Waals surface area contributed by atoms with Gasteiger partial charge in [-0.05, 0) is 6.07 Å². The first-order chi connectivity index (χ1) is 5.92. The van der Waals surface area contributed by atoms with Crippen LogP contribution < -0.4 is 0 Å². The van der Waals surface area contributed by atoms with Crippen LogP contribution in [0.15, 0.2) is 18.6 Å². The summed E-state index contributed by atoms with van der Waals surface area (Å²) in [5, 5.41) is 7.55. The largest absolute Gasteiger partial charge is 0.378 e. The Balaban J connectivity index is 2.57. The van der Waals surface area contributed by atoms with Crippen molar-refractivity contribution in [2.75, 3.05) is 7.11 Å². The highest BCUT2D eigenvalue weighted by atomic mass is 16.5. The predicted molar refractivity (Wildman–Crippen MR) is 41.5 cm³/mol. The molecule has 0 amide bonds. The molecule has 5 nitrogen and oxygen atoms in total. The van der Waals surface area contributed by atoms with Crippen molar-refractivity contribution in [3.8, 4) is 0 Å². The molecule has 0 bridgehead atoms. The maximum atomic E-state index is 5.00. The van der Waals surface area contributed by atoms with E-state index in [4.69, 9.17) is 4.74 Å². The number of methoxy groups -OCH3 is 1. The van der Waals surface area contributed by atoms with Crippen LogP contribution in [0.2, 0.25) is 0 Å². The Kier molecular flexibility index (Phi) is 1.71. The minimum absolute atomic E-state index is 0.539. The van der Waals surface area contributed by atoms with Crippen molar-refractivity contribution in [3.63, 3.8) is 0 Å². The van der Waals surface area contributed by atoms with Gasteiger partial charge in [0.15, 0.2) is 0 Å². The Morgan fingerprint density at radius 2 is 2.50 bits per heavy atom. The highest BCUT2D eigenvalue weighted by molar-refractivity contribution is 5.26. The first-order valence-corrected chi connectivity index (χ1v) is 3.54. The van der Waals surface area contributed by atoms with E-state index in [-0.39, 0.29) is 0 Å². The average molecular weight is 164 g/mol. The number of ether oxygens (including phenoxy) is 1. The third-order valence-corrected chi connectivity index (χ3v) is 1.59. The summed E-state index contributed by atoms with van der Waals surface area (Å²) in [4.78, 5) is 4.02. The molecule has 5 heteroatoms. The molecule has 2 aromatic heterocycles. The van der Waals surface area contributed by atoms with Gasteiger partial charge < -0.3 is 4.74 Å².